The van der Waals surface area contributed by atoms with E-state index in [0.29, 0.717) is 10.8 Å². The van der Waals surface area contributed by atoms with Crippen LogP contribution in [0.5, 0.6) is 0 Å². The summed E-state index contributed by atoms with van der Waals surface area (Å²) in [6.07, 6.45) is 6.64. The third-order valence-corrected chi connectivity index (χ3v) is 5.14. The van der Waals surface area contributed by atoms with E-state index in [2.05, 4.69) is 34.3 Å². The van der Waals surface area contributed by atoms with E-state index < -0.39 is 0 Å². The number of rotatable bonds is 3. The molecule has 0 aromatic heterocycles. The lowest BCUT2D eigenvalue weighted by Gasteiger charge is -2.30. The van der Waals surface area contributed by atoms with Crippen LogP contribution in [0.4, 0.5) is 0 Å². The van der Waals surface area contributed by atoms with E-state index in [1.54, 1.807) is 0 Å². The molecular weight excluding hydrogens is 345 g/mol. The Labute approximate surface area is 126 Å². The van der Waals surface area contributed by atoms with Crippen molar-refractivity contribution in [3.8, 4) is 0 Å². The fourth-order valence-electron chi connectivity index (χ4n) is 2.19. The SMILES string of the molecule is CN=C(NCC1(C)CCCS1)NC1CCC1.I. The van der Waals surface area contributed by atoms with Crippen LogP contribution >= 0.6 is 35.7 Å². The van der Waals surface area contributed by atoms with Gasteiger partial charge in [0.1, 0.15) is 0 Å². The summed E-state index contributed by atoms with van der Waals surface area (Å²) in [4.78, 5) is 4.29. The van der Waals surface area contributed by atoms with Crippen molar-refractivity contribution in [1.82, 2.24) is 10.6 Å². The maximum Gasteiger partial charge on any atom is 0.191 e. The van der Waals surface area contributed by atoms with E-state index in [-0.39, 0.29) is 24.0 Å². The second kappa shape index (κ2) is 7.07. The van der Waals surface area contributed by atoms with Crippen LogP contribution in [-0.4, -0.2) is 36.1 Å². The van der Waals surface area contributed by atoms with Gasteiger partial charge in [0.25, 0.3) is 0 Å². The molecule has 0 aromatic rings. The second-order valence-electron chi connectivity index (χ2n) is 5.10. The summed E-state index contributed by atoms with van der Waals surface area (Å²) in [6, 6.07) is 0.662. The van der Waals surface area contributed by atoms with Gasteiger partial charge >= 0.3 is 0 Å². The molecule has 1 aliphatic carbocycles. The van der Waals surface area contributed by atoms with E-state index in [1.165, 1.54) is 37.9 Å². The molecule has 2 rings (SSSR count). The topological polar surface area (TPSA) is 36.4 Å². The number of nitrogens with one attached hydrogen (secondary N) is 2. The molecule has 3 nitrogen and oxygen atoms in total. The molecule has 0 spiro atoms. The van der Waals surface area contributed by atoms with E-state index in [9.17, 15) is 0 Å². The summed E-state index contributed by atoms with van der Waals surface area (Å²) < 4.78 is 0.414. The standard InChI is InChI=1S/C12H23N3S.HI/c1-12(7-4-8-16-12)9-14-11(13-2)15-10-5-3-6-10;/h10H,3-9H2,1-2H3,(H2,13,14,15);1H. The monoisotopic (exact) mass is 369 g/mol. The average Bonchev–Trinajstić information content (AvgIpc) is 2.63. The first-order valence-electron chi connectivity index (χ1n) is 6.33. The molecule has 0 bridgehead atoms. The Kier molecular flexibility index (Phi) is 6.40. The first-order chi connectivity index (χ1) is 7.72. The van der Waals surface area contributed by atoms with Crippen molar-refractivity contribution in [1.29, 1.82) is 0 Å². The predicted octanol–water partition coefficient (Wildman–Crippen LogP) is 2.61. The van der Waals surface area contributed by atoms with E-state index in [0.717, 1.165) is 12.5 Å². The van der Waals surface area contributed by atoms with Crippen LogP contribution in [0.25, 0.3) is 0 Å². The summed E-state index contributed by atoms with van der Waals surface area (Å²) in [5, 5.41) is 6.94. The van der Waals surface area contributed by atoms with Gasteiger partial charge in [-0.3, -0.25) is 4.99 Å². The molecule has 0 aromatic carbocycles. The highest BCUT2D eigenvalue weighted by Crippen LogP contribution is 2.36. The zero-order valence-electron chi connectivity index (χ0n) is 10.8. The van der Waals surface area contributed by atoms with Gasteiger partial charge in [0.15, 0.2) is 5.96 Å². The van der Waals surface area contributed by atoms with Gasteiger partial charge in [-0.1, -0.05) is 0 Å². The van der Waals surface area contributed by atoms with Gasteiger partial charge in [0.05, 0.1) is 0 Å². The minimum Gasteiger partial charge on any atom is -0.355 e. The number of nitrogens with zero attached hydrogens (tertiary/aromatic N) is 1. The molecule has 2 aliphatic rings. The van der Waals surface area contributed by atoms with Crippen molar-refractivity contribution in [3.63, 3.8) is 0 Å². The summed E-state index contributed by atoms with van der Waals surface area (Å²) in [7, 11) is 1.86. The lowest BCUT2D eigenvalue weighted by atomic mass is 9.93. The molecule has 1 saturated heterocycles. The van der Waals surface area contributed by atoms with Crippen molar-refractivity contribution in [3.05, 3.63) is 0 Å². The lowest BCUT2D eigenvalue weighted by molar-refractivity contribution is 0.379. The Morgan fingerprint density at radius 1 is 1.41 bits per heavy atom. The average molecular weight is 369 g/mol. The van der Waals surface area contributed by atoms with Crippen LogP contribution in [0.1, 0.15) is 39.0 Å². The molecule has 0 radical (unpaired) electrons. The maximum atomic E-state index is 4.29. The normalized spacial score (nSPS) is 29.4. The molecule has 1 atom stereocenters. The van der Waals surface area contributed by atoms with Crippen molar-refractivity contribution in [2.24, 2.45) is 4.99 Å². The molecule has 1 heterocycles. The summed E-state index contributed by atoms with van der Waals surface area (Å²) in [5.41, 5.74) is 0. The van der Waals surface area contributed by atoms with Gasteiger partial charge in [0, 0.05) is 24.4 Å². The van der Waals surface area contributed by atoms with Crippen LogP contribution in [-0.2, 0) is 0 Å². The predicted molar refractivity (Wildman–Crippen MR) is 87.6 cm³/mol. The summed E-state index contributed by atoms with van der Waals surface area (Å²) in [6.45, 7) is 3.39. The molecule has 1 aliphatic heterocycles. The number of halogens is 1. The van der Waals surface area contributed by atoms with Crippen LogP contribution < -0.4 is 10.6 Å². The smallest absolute Gasteiger partial charge is 0.191 e. The molecule has 5 heteroatoms. The molecular formula is C12H24IN3S. The van der Waals surface area contributed by atoms with Crippen molar-refractivity contribution < 1.29 is 0 Å². The molecule has 100 valence electrons. The minimum absolute atomic E-state index is 0. The van der Waals surface area contributed by atoms with Crippen LogP contribution in [0, 0.1) is 0 Å². The minimum atomic E-state index is 0. The van der Waals surface area contributed by atoms with Gasteiger partial charge in [-0.15, -0.1) is 24.0 Å². The zero-order chi connectivity index (χ0) is 11.4. The number of thioether (sulfide) groups is 1. The molecule has 2 fully saturated rings. The quantitative estimate of drug-likeness (QED) is 0.456. The first-order valence-corrected chi connectivity index (χ1v) is 7.32. The third kappa shape index (κ3) is 4.50. The third-order valence-electron chi connectivity index (χ3n) is 3.60. The first kappa shape index (κ1) is 15.4. The van der Waals surface area contributed by atoms with Gasteiger partial charge in [-0.05, 0) is 44.8 Å². The lowest BCUT2D eigenvalue weighted by Crippen LogP contribution is -2.49. The highest BCUT2D eigenvalue weighted by Gasteiger charge is 2.29. The van der Waals surface area contributed by atoms with Gasteiger partial charge in [-0.25, -0.2) is 0 Å². The van der Waals surface area contributed by atoms with Crippen molar-refractivity contribution >= 4 is 41.7 Å². The molecule has 2 N–H and O–H groups in total. The van der Waals surface area contributed by atoms with Crippen molar-refractivity contribution in [2.75, 3.05) is 19.3 Å². The Morgan fingerprint density at radius 3 is 2.65 bits per heavy atom. The van der Waals surface area contributed by atoms with Crippen LogP contribution in [0.3, 0.4) is 0 Å². The van der Waals surface area contributed by atoms with Crippen LogP contribution in [0.15, 0.2) is 4.99 Å². The molecule has 1 saturated carbocycles. The molecule has 0 amide bonds. The van der Waals surface area contributed by atoms with Crippen molar-refractivity contribution in [2.45, 2.75) is 49.8 Å². The number of aliphatic imine (C=N–C) groups is 1. The fourth-order valence-corrected chi connectivity index (χ4v) is 3.43. The highest BCUT2D eigenvalue weighted by molar-refractivity contribution is 14.0. The Balaban J connectivity index is 0.00000144. The van der Waals surface area contributed by atoms with E-state index >= 15 is 0 Å². The fraction of sp³-hybridized carbons (Fsp3) is 0.917. The Bertz CT molecular complexity index is 260. The second-order valence-corrected chi connectivity index (χ2v) is 6.78. The highest BCUT2D eigenvalue weighted by atomic mass is 127. The Morgan fingerprint density at radius 2 is 2.18 bits per heavy atom. The van der Waals surface area contributed by atoms with Gasteiger partial charge in [0.2, 0.25) is 0 Å². The zero-order valence-corrected chi connectivity index (χ0v) is 13.9. The van der Waals surface area contributed by atoms with E-state index in [4.69, 9.17) is 0 Å². The largest absolute Gasteiger partial charge is 0.355 e. The number of hydrogen-bond acceptors (Lipinski definition) is 2. The summed E-state index contributed by atoms with van der Waals surface area (Å²) >= 11 is 2.09. The van der Waals surface area contributed by atoms with Crippen LogP contribution in [0.2, 0.25) is 0 Å². The van der Waals surface area contributed by atoms with Gasteiger partial charge < -0.3 is 10.6 Å². The maximum absolute atomic E-state index is 4.29. The molecule has 1 unspecified atom stereocenters. The van der Waals surface area contributed by atoms with E-state index in [1.807, 2.05) is 7.05 Å². The Hall–Kier alpha value is 0.350. The molecule has 17 heavy (non-hydrogen) atoms. The van der Waals surface area contributed by atoms with Gasteiger partial charge in [-0.2, -0.15) is 11.8 Å². The summed E-state index contributed by atoms with van der Waals surface area (Å²) in [5.74, 6) is 2.30. The number of hydrogen-bond donors (Lipinski definition) is 2. The number of guanidine groups is 1.